The minimum atomic E-state index is -0.105. The van der Waals surface area contributed by atoms with Gasteiger partial charge in [0.25, 0.3) is 5.91 Å². The maximum absolute atomic E-state index is 12.2. The fourth-order valence-electron chi connectivity index (χ4n) is 3.44. The third-order valence-corrected chi connectivity index (χ3v) is 4.64. The number of hydrogen-bond donors (Lipinski definition) is 1. The predicted molar refractivity (Wildman–Crippen MR) is 101 cm³/mol. The number of amides is 1. The molecule has 3 heterocycles. The van der Waals surface area contributed by atoms with E-state index in [0.29, 0.717) is 5.69 Å². The Kier molecular flexibility index (Phi) is 4.42. The number of aromatic nitrogens is 3. The van der Waals surface area contributed by atoms with Crippen molar-refractivity contribution < 1.29 is 4.79 Å². The summed E-state index contributed by atoms with van der Waals surface area (Å²) in [5, 5.41) is 8.53. The molecule has 1 aliphatic heterocycles. The highest BCUT2D eigenvalue weighted by molar-refractivity contribution is 5.92. The molecule has 1 aromatic carbocycles. The topological polar surface area (TPSA) is 63.1 Å². The molecule has 0 atom stereocenters. The molecule has 26 heavy (non-hydrogen) atoms. The molecule has 134 valence electrons. The normalized spacial score (nSPS) is 14.6. The fraction of sp³-hybridized carbons (Fsp3) is 0.350. The van der Waals surface area contributed by atoms with Crippen LogP contribution in [0.1, 0.15) is 35.6 Å². The molecule has 0 bridgehead atoms. The van der Waals surface area contributed by atoms with Crippen molar-refractivity contribution in [2.45, 2.75) is 39.5 Å². The zero-order valence-electron chi connectivity index (χ0n) is 15.1. The van der Waals surface area contributed by atoms with Gasteiger partial charge in [0.2, 0.25) is 0 Å². The summed E-state index contributed by atoms with van der Waals surface area (Å²) in [5.74, 6) is -0.105. The van der Waals surface area contributed by atoms with Crippen molar-refractivity contribution in [3.8, 4) is 0 Å². The molecule has 0 saturated carbocycles. The van der Waals surface area contributed by atoms with Crippen molar-refractivity contribution in [1.82, 2.24) is 25.0 Å². The number of rotatable bonds is 4. The van der Waals surface area contributed by atoms with E-state index in [4.69, 9.17) is 0 Å². The second-order valence-electron chi connectivity index (χ2n) is 7.08. The molecule has 1 amide bonds. The molecule has 0 spiro atoms. The van der Waals surface area contributed by atoms with Gasteiger partial charge in [-0.1, -0.05) is 24.3 Å². The Morgan fingerprint density at radius 3 is 2.92 bits per heavy atom. The van der Waals surface area contributed by atoms with Crippen LogP contribution in [0.15, 0.2) is 42.6 Å². The minimum absolute atomic E-state index is 0.105. The van der Waals surface area contributed by atoms with E-state index in [-0.39, 0.29) is 11.9 Å². The molecular formula is C20H23N5O. The van der Waals surface area contributed by atoms with Gasteiger partial charge in [-0.05, 0) is 31.5 Å². The SMILES string of the molecule is CC(C)NC(=O)c1cc2n(n1)CCN(Cc1cccc3cccnc13)C2. The number of carbonyl (C=O) groups excluding carboxylic acids is 1. The molecule has 0 radical (unpaired) electrons. The maximum atomic E-state index is 12.2. The van der Waals surface area contributed by atoms with Crippen molar-refractivity contribution in [2.24, 2.45) is 0 Å². The summed E-state index contributed by atoms with van der Waals surface area (Å²) in [6.45, 7) is 7.23. The number of benzene rings is 1. The molecule has 2 aromatic heterocycles. The van der Waals surface area contributed by atoms with Crippen LogP contribution in [0.25, 0.3) is 10.9 Å². The fourth-order valence-corrected chi connectivity index (χ4v) is 3.44. The van der Waals surface area contributed by atoms with Crippen LogP contribution in [0.2, 0.25) is 0 Å². The quantitative estimate of drug-likeness (QED) is 0.786. The van der Waals surface area contributed by atoms with E-state index in [0.717, 1.165) is 37.4 Å². The first-order chi connectivity index (χ1) is 12.6. The van der Waals surface area contributed by atoms with Gasteiger partial charge in [-0.3, -0.25) is 19.4 Å². The highest BCUT2D eigenvalue weighted by Crippen LogP contribution is 2.21. The first kappa shape index (κ1) is 16.7. The van der Waals surface area contributed by atoms with E-state index in [1.165, 1.54) is 10.9 Å². The third-order valence-electron chi connectivity index (χ3n) is 4.64. The van der Waals surface area contributed by atoms with Gasteiger partial charge in [0.1, 0.15) is 0 Å². The molecule has 1 N–H and O–H groups in total. The Hall–Kier alpha value is -2.73. The highest BCUT2D eigenvalue weighted by atomic mass is 16.2. The van der Waals surface area contributed by atoms with Crippen molar-refractivity contribution in [1.29, 1.82) is 0 Å². The van der Waals surface area contributed by atoms with Gasteiger partial charge in [-0.15, -0.1) is 0 Å². The van der Waals surface area contributed by atoms with Crippen molar-refractivity contribution in [3.63, 3.8) is 0 Å². The first-order valence-corrected chi connectivity index (χ1v) is 9.03. The van der Waals surface area contributed by atoms with Gasteiger partial charge < -0.3 is 5.32 Å². The Bertz CT molecular complexity index is 941. The van der Waals surface area contributed by atoms with Gasteiger partial charge in [-0.25, -0.2) is 0 Å². The zero-order valence-corrected chi connectivity index (χ0v) is 15.1. The lowest BCUT2D eigenvalue weighted by Gasteiger charge is -2.27. The van der Waals surface area contributed by atoms with E-state index >= 15 is 0 Å². The average molecular weight is 349 g/mol. The first-order valence-electron chi connectivity index (χ1n) is 9.03. The predicted octanol–water partition coefficient (Wildman–Crippen LogP) is 2.59. The lowest BCUT2D eigenvalue weighted by molar-refractivity contribution is 0.0937. The molecule has 0 saturated heterocycles. The summed E-state index contributed by atoms with van der Waals surface area (Å²) < 4.78 is 1.95. The van der Waals surface area contributed by atoms with Gasteiger partial charge in [-0.2, -0.15) is 5.10 Å². The monoisotopic (exact) mass is 349 g/mol. The molecule has 0 aliphatic carbocycles. The lowest BCUT2D eigenvalue weighted by Crippen LogP contribution is -2.33. The Morgan fingerprint density at radius 2 is 2.08 bits per heavy atom. The summed E-state index contributed by atoms with van der Waals surface area (Å²) in [6.07, 6.45) is 1.84. The minimum Gasteiger partial charge on any atom is -0.348 e. The van der Waals surface area contributed by atoms with Crippen LogP contribution < -0.4 is 5.32 Å². The van der Waals surface area contributed by atoms with Gasteiger partial charge in [0.15, 0.2) is 5.69 Å². The van der Waals surface area contributed by atoms with Gasteiger partial charge in [0.05, 0.1) is 17.8 Å². The number of nitrogens with zero attached hydrogens (tertiary/aromatic N) is 4. The van der Waals surface area contributed by atoms with Gasteiger partial charge >= 0.3 is 0 Å². The summed E-state index contributed by atoms with van der Waals surface area (Å²) in [4.78, 5) is 19.1. The second-order valence-corrected chi connectivity index (χ2v) is 7.08. The average Bonchev–Trinajstić information content (AvgIpc) is 3.05. The Morgan fingerprint density at radius 1 is 1.23 bits per heavy atom. The summed E-state index contributed by atoms with van der Waals surface area (Å²) in [6, 6.07) is 12.4. The molecule has 3 aromatic rings. The number of pyridine rings is 1. The number of carbonyl (C=O) groups is 1. The van der Waals surface area contributed by atoms with E-state index < -0.39 is 0 Å². The molecule has 1 aliphatic rings. The maximum Gasteiger partial charge on any atom is 0.271 e. The Labute approximate surface area is 152 Å². The van der Waals surface area contributed by atoms with Crippen LogP contribution in [0, 0.1) is 0 Å². The molecular weight excluding hydrogens is 326 g/mol. The van der Waals surface area contributed by atoms with Crippen LogP contribution in [-0.2, 0) is 19.6 Å². The summed E-state index contributed by atoms with van der Waals surface area (Å²) >= 11 is 0. The van der Waals surface area contributed by atoms with E-state index in [2.05, 4.69) is 44.6 Å². The van der Waals surface area contributed by atoms with Crippen LogP contribution in [0.3, 0.4) is 0 Å². The van der Waals surface area contributed by atoms with Crippen LogP contribution in [-0.4, -0.2) is 38.2 Å². The Balaban J connectivity index is 1.52. The molecule has 4 rings (SSSR count). The van der Waals surface area contributed by atoms with E-state index in [1.54, 1.807) is 0 Å². The number of nitrogens with one attached hydrogen (secondary N) is 1. The van der Waals surface area contributed by atoms with Crippen LogP contribution >= 0.6 is 0 Å². The standard InChI is InChI=1S/C20H23N5O/c1-14(2)22-20(26)18-11-17-13-24(9-10-25(17)23-18)12-16-6-3-5-15-7-4-8-21-19(15)16/h3-8,11,14H,9-10,12-13H2,1-2H3,(H,22,26). The lowest BCUT2D eigenvalue weighted by atomic mass is 10.1. The summed E-state index contributed by atoms with van der Waals surface area (Å²) in [7, 11) is 0. The highest BCUT2D eigenvalue weighted by Gasteiger charge is 2.21. The summed E-state index contributed by atoms with van der Waals surface area (Å²) in [5.41, 5.74) is 3.88. The zero-order chi connectivity index (χ0) is 18.1. The largest absolute Gasteiger partial charge is 0.348 e. The van der Waals surface area contributed by atoms with Crippen molar-refractivity contribution in [2.75, 3.05) is 6.54 Å². The molecule has 0 fully saturated rings. The number of para-hydroxylation sites is 1. The van der Waals surface area contributed by atoms with E-state index in [1.807, 2.05) is 36.9 Å². The van der Waals surface area contributed by atoms with Crippen molar-refractivity contribution in [3.05, 3.63) is 59.5 Å². The van der Waals surface area contributed by atoms with E-state index in [9.17, 15) is 4.79 Å². The van der Waals surface area contributed by atoms with Crippen LogP contribution in [0.4, 0.5) is 0 Å². The van der Waals surface area contributed by atoms with Crippen LogP contribution in [0.5, 0.6) is 0 Å². The third kappa shape index (κ3) is 3.32. The molecule has 0 unspecified atom stereocenters. The second kappa shape index (κ2) is 6.88. The number of hydrogen-bond acceptors (Lipinski definition) is 4. The molecule has 6 heteroatoms. The van der Waals surface area contributed by atoms with Gasteiger partial charge in [0, 0.05) is 37.3 Å². The molecule has 6 nitrogen and oxygen atoms in total. The van der Waals surface area contributed by atoms with Crippen molar-refractivity contribution >= 4 is 16.8 Å². The number of fused-ring (bicyclic) bond motifs is 2. The smallest absolute Gasteiger partial charge is 0.271 e.